The first-order valence-electron chi connectivity index (χ1n) is 5.89. The van der Waals surface area contributed by atoms with Crippen LogP contribution in [-0.2, 0) is 0 Å². The van der Waals surface area contributed by atoms with Crippen LogP contribution >= 0.6 is 0 Å². The van der Waals surface area contributed by atoms with E-state index in [1.54, 1.807) is 0 Å². The van der Waals surface area contributed by atoms with Gasteiger partial charge < -0.3 is 10.2 Å². The number of aryl methyl sites for hydroxylation is 1. The van der Waals surface area contributed by atoms with Crippen LogP contribution in [0.3, 0.4) is 0 Å². The average Bonchev–Trinajstić information content (AvgIpc) is 2.66. The summed E-state index contributed by atoms with van der Waals surface area (Å²) < 4.78 is 0. The summed E-state index contributed by atoms with van der Waals surface area (Å²) >= 11 is 0. The van der Waals surface area contributed by atoms with E-state index < -0.39 is 0 Å². The number of nitrogens with zero attached hydrogens (tertiary/aromatic N) is 3. The van der Waals surface area contributed by atoms with Crippen LogP contribution in [0.5, 0.6) is 0 Å². The molecule has 0 aromatic carbocycles. The zero-order valence-corrected chi connectivity index (χ0v) is 10.3. The highest BCUT2D eigenvalue weighted by Gasteiger charge is 2.28. The molecule has 0 unspecified atom stereocenters. The van der Waals surface area contributed by atoms with Crippen LogP contribution < -0.4 is 5.32 Å². The normalized spacial score (nSPS) is 25.0. The molecule has 4 nitrogen and oxygen atoms in total. The SMILES string of the molecule is Cc1nccc(N[C@@H]2CCC[C@H]2N(C)C)n1. The third-order valence-corrected chi connectivity index (χ3v) is 3.25. The second kappa shape index (κ2) is 4.78. The zero-order valence-electron chi connectivity index (χ0n) is 10.3. The molecule has 1 heterocycles. The molecule has 1 aliphatic rings. The first-order valence-corrected chi connectivity index (χ1v) is 5.89. The van der Waals surface area contributed by atoms with Crippen LogP contribution in [0.15, 0.2) is 12.3 Å². The van der Waals surface area contributed by atoms with Crippen molar-refractivity contribution in [2.24, 2.45) is 0 Å². The van der Waals surface area contributed by atoms with E-state index in [0.29, 0.717) is 12.1 Å². The van der Waals surface area contributed by atoms with Gasteiger partial charge in [-0.1, -0.05) is 0 Å². The minimum absolute atomic E-state index is 0.518. The van der Waals surface area contributed by atoms with Gasteiger partial charge in [0.2, 0.25) is 0 Å². The molecule has 1 aromatic rings. The number of hydrogen-bond donors (Lipinski definition) is 1. The van der Waals surface area contributed by atoms with Crippen LogP contribution in [0.2, 0.25) is 0 Å². The molecule has 2 rings (SSSR count). The van der Waals surface area contributed by atoms with Crippen molar-refractivity contribution in [1.82, 2.24) is 14.9 Å². The summed E-state index contributed by atoms with van der Waals surface area (Å²) in [6.45, 7) is 1.92. The molecule has 4 heteroatoms. The Hall–Kier alpha value is -1.16. The monoisotopic (exact) mass is 220 g/mol. The molecule has 1 aromatic heterocycles. The standard InChI is InChI=1S/C12H20N4/c1-9-13-8-7-12(14-9)15-10-5-4-6-11(10)16(2)3/h7-8,10-11H,4-6H2,1-3H3,(H,13,14,15)/t10-,11-/m1/s1. The summed E-state index contributed by atoms with van der Waals surface area (Å²) in [5.74, 6) is 1.77. The average molecular weight is 220 g/mol. The maximum absolute atomic E-state index is 4.39. The van der Waals surface area contributed by atoms with E-state index in [1.165, 1.54) is 19.3 Å². The summed E-state index contributed by atoms with van der Waals surface area (Å²) in [5, 5.41) is 3.52. The van der Waals surface area contributed by atoms with Gasteiger partial charge in [-0.05, 0) is 46.3 Å². The van der Waals surface area contributed by atoms with Gasteiger partial charge in [0.05, 0.1) is 0 Å². The van der Waals surface area contributed by atoms with Gasteiger partial charge >= 0.3 is 0 Å². The highest BCUT2D eigenvalue weighted by molar-refractivity contribution is 5.35. The minimum atomic E-state index is 0.518. The fourth-order valence-electron chi connectivity index (χ4n) is 2.45. The van der Waals surface area contributed by atoms with E-state index in [1.807, 2.05) is 19.2 Å². The fraction of sp³-hybridized carbons (Fsp3) is 0.667. The Morgan fingerprint density at radius 3 is 2.88 bits per heavy atom. The topological polar surface area (TPSA) is 41.1 Å². The highest BCUT2D eigenvalue weighted by Crippen LogP contribution is 2.25. The lowest BCUT2D eigenvalue weighted by Gasteiger charge is -2.27. The van der Waals surface area contributed by atoms with E-state index in [0.717, 1.165) is 11.6 Å². The Kier molecular flexibility index (Phi) is 3.39. The quantitative estimate of drug-likeness (QED) is 0.841. The third kappa shape index (κ3) is 2.50. The summed E-state index contributed by atoms with van der Waals surface area (Å²) in [6, 6.07) is 3.08. The Morgan fingerprint density at radius 1 is 1.38 bits per heavy atom. The summed E-state index contributed by atoms with van der Waals surface area (Å²) in [6.07, 6.45) is 5.61. The van der Waals surface area contributed by atoms with Gasteiger partial charge in [-0.15, -0.1) is 0 Å². The molecule has 0 bridgehead atoms. The van der Waals surface area contributed by atoms with Crippen molar-refractivity contribution in [3.8, 4) is 0 Å². The Balaban J connectivity index is 2.04. The molecule has 16 heavy (non-hydrogen) atoms. The van der Waals surface area contributed by atoms with Gasteiger partial charge in [-0.2, -0.15) is 0 Å². The number of rotatable bonds is 3. The van der Waals surface area contributed by atoms with E-state index in [9.17, 15) is 0 Å². The molecule has 1 fully saturated rings. The molecule has 1 saturated carbocycles. The van der Waals surface area contributed by atoms with Crippen molar-refractivity contribution in [2.45, 2.75) is 38.3 Å². The van der Waals surface area contributed by atoms with Crippen LogP contribution in [0.1, 0.15) is 25.1 Å². The number of aromatic nitrogens is 2. The molecule has 1 N–H and O–H groups in total. The predicted molar refractivity (Wildman–Crippen MR) is 65.5 cm³/mol. The highest BCUT2D eigenvalue weighted by atomic mass is 15.2. The number of hydrogen-bond acceptors (Lipinski definition) is 4. The first kappa shape index (κ1) is 11.3. The number of likely N-dealkylation sites (N-methyl/N-ethyl adjacent to an activating group) is 1. The number of nitrogens with one attached hydrogen (secondary N) is 1. The Morgan fingerprint density at radius 2 is 2.19 bits per heavy atom. The van der Waals surface area contributed by atoms with Crippen molar-refractivity contribution in [2.75, 3.05) is 19.4 Å². The molecule has 0 amide bonds. The maximum Gasteiger partial charge on any atom is 0.129 e. The van der Waals surface area contributed by atoms with Crippen molar-refractivity contribution in [3.63, 3.8) is 0 Å². The number of anilines is 1. The lowest BCUT2D eigenvalue weighted by Crippen LogP contribution is -2.39. The molecule has 0 spiro atoms. The van der Waals surface area contributed by atoms with Gasteiger partial charge in [0.1, 0.15) is 11.6 Å². The smallest absolute Gasteiger partial charge is 0.129 e. The minimum Gasteiger partial charge on any atom is -0.366 e. The van der Waals surface area contributed by atoms with Gasteiger partial charge in [-0.25, -0.2) is 9.97 Å². The van der Waals surface area contributed by atoms with Gasteiger partial charge in [-0.3, -0.25) is 0 Å². The van der Waals surface area contributed by atoms with Crippen LogP contribution in [0.4, 0.5) is 5.82 Å². The molecular formula is C12H20N4. The maximum atomic E-state index is 4.39. The van der Waals surface area contributed by atoms with Crippen molar-refractivity contribution in [1.29, 1.82) is 0 Å². The largest absolute Gasteiger partial charge is 0.366 e. The lowest BCUT2D eigenvalue weighted by atomic mass is 10.1. The predicted octanol–water partition coefficient (Wildman–Crippen LogP) is 1.68. The van der Waals surface area contributed by atoms with Crippen molar-refractivity contribution < 1.29 is 0 Å². The van der Waals surface area contributed by atoms with Crippen LogP contribution in [-0.4, -0.2) is 41.0 Å². The molecule has 0 radical (unpaired) electrons. The molecule has 1 aliphatic carbocycles. The molecule has 2 atom stereocenters. The van der Waals surface area contributed by atoms with Gasteiger partial charge in [0, 0.05) is 18.3 Å². The van der Waals surface area contributed by atoms with Crippen molar-refractivity contribution >= 4 is 5.82 Å². The fourth-order valence-corrected chi connectivity index (χ4v) is 2.45. The Labute approximate surface area is 97.1 Å². The van der Waals surface area contributed by atoms with E-state index in [2.05, 4.69) is 34.3 Å². The second-order valence-corrected chi connectivity index (χ2v) is 4.70. The summed E-state index contributed by atoms with van der Waals surface area (Å²) in [4.78, 5) is 10.8. The van der Waals surface area contributed by atoms with Crippen LogP contribution in [0, 0.1) is 6.92 Å². The zero-order chi connectivity index (χ0) is 11.5. The van der Waals surface area contributed by atoms with Gasteiger partial charge in [0.15, 0.2) is 0 Å². The van der Waals surface area contributed by atoms with Crippen LogP contribution in [0.25, 0.3) is 0 Å². The second-order valence-electron chi connectivity index (χ2n) is 4.70. The lowest BCUT2D eigenvalue weighted by molar-refractivity contribution is 0.285. The first-order chi connectivity index (χ1) is 7.66. The molecule has 0 saturated heterocycles. The van der Waals surface area contributed by atoms with E-state index in [-0.39, 0.29) is 0 Å². The van der Waals surface area contributed by atoms with E-state index in [4.69, 9.17) is 0 Å². The molecule has 88 valence electrons. The van der Waals surface area contributed by atoms with Gasteiger partial charge in [0.25, 0.3) is 0 Å². The molecule has 0 aliphatic heterocycles. The van der Waals surface area contributed by atoms with E-state index >= 15 is 0 Å². The summed E-state index contributed by atoms with van der Waals surface area (Å²) in [7, 11) is 4.30. The third-order valence-electron chi connectivity index (χ3n) is 3.25. The molecular weight excluding hydrogens is 200 g/mol. The van der Waals surface area contributed by atoms with Crippen molar-refractivity contribution in [3.05, 3.63) is 18.1 Å². The Bertz CT molecular complexity index is 351. The summed E-state index contributed by atoms with van der Waals surface area (Å²) in [5.41, 5.74) is 0.